The minimum atomic E-state index is -0.0361. The zero-order valence-corrected chi connectivity index (χ0v) is 20.6. The van der Waals surface area contributed by atoms with E-state index in [-0.39, 0.29) is 18.6 Å². The van der Waals surface area contributed by atoms with Gasteiger partial charge in [-0.05, 0) is 92.1 Å². The van der Waals surface area contributed by atoms with Crippen molar-refractivity contribution in [1.29, 1.82) is 0 Å². The average Bonchev–Trinajstić information content (AvgIpc) is 3.36. The van der Waals surface area contributed by atoms with Crippen molar-refractivity contribution in [2.75, 3.05) is 19.7 Å². The van der Waals surface area contributed by atoms with Crippen LogP contribution in [0.5, 0.6) is 5.75 Å². The predicted molar refractivity (Wildman–Crippen MR) is 142 cm³/mol. The Kier molecular flexibility index (Phi) is 7.65. The van der Waals surface area contributed by atoms with Gasteiger partial charge in [0.2, 0.25) is 0 Å². The summed E-state index contributed by atoms with van der Waals surface area (Å²) in [6.07, 6.45) is 5.50. The molecule has 0 radical (unpaired) electrons. The van der Waals surface area contributed by atoms with Crippen molar-refractivity contribution in [3.63, 3.8) is 0 Å². The zero-order chi connectivity index (χ0) is 24.0. The Hall–Kier alpha value is -2.89. The van der Waals surface area contributed by atoms with Gasteiger partial charge in [-0.25, -0.2) is 0 Å². The number of hydrogen-bond donors (Lipinski definition) is 3. The summed E-state index contributed by atoms with van der Waals surface area (Å²) in [5, 5.41) is 12.9. The molecule has 5 nitrogen and oxygen atoms in total. The number of benzene rings is 3. The van der Waals surface area contributed by atoms with Crippen molar-refractivity contribution >= 4 is 16.7 Å². The molecule has 1 aliphatic heterocycles. The molecular formula is C30H37N3O2. The minimum absolute atomic E-state index is 0.0361. The van der Waals surface area contributed by atoms with Gasteiger partial charge in [0.15, 0.2) is 6.61 Å². The Labute approximate surface area is 208 Å². The fourth-order valence-electron chi connectivity index (χ4n) is 5.73. The molecule has 35 heavy (non-hydrogen) atoms. The highest BCUT2D eigenvalue weighted by atomic mass is 16.5. The summed E-state index contributed by atoms with van der Waals surface area (Å²) in [5.74, 6) is 1.28. The van der Waals surface area contributed by atoms with Gasteiger partial charge in [0, 0.05) is 18.1 Å². The van der Waals surface area contributed by atoms with Crippen molar-refractivity contribution < 1.29 is 9.53 Å². The van der Waals surface area contributed by atoms with Crippen LogP contribution in [0.25, 0.3) is 10.8 Å². The predicted octanol–water partition coefficient (Wildman–Crippen LogP) is 5.07. The summed E-state index contributed by atoms with van der Waals surface area (Å²) >= 11 is 0. The standard InChI is InChI=1S/C30H37N3O2/c1-21(28-8-4-6-23-5-2-3-7-29(23)28)32-26-12-9-24(19-26)22-10-13-27(14-11-22)35-20-30(34)33-25-15-17-31-18-16-25/h2-8,10-11,13-14,21,24-26,31-32H,9,12,15-20H2,1H3,(H,33,34)/t21-,24-,26+/m1/s1. The van der Waals surface area contributed by atoms with Gasteiger partial charge >= 0.3 is 0 Å². The Morgan fingerprint density at radius 3 is 2.54 bits per heavy atom. The largest absolute Gasteiger partial charge is 0.484 e. The summed E-state index contributed by atoms with van der Waals surface area (Å²) in [6.45, 7) is 4.28. The van der Waals surface area contributed by atoms with E-state index in [9.17, 15) is 4.79 Å². The number of rotatable bonds is 8. The quantitative estimate of drug-likeness (QED) is 0.429. The molecule has 1 heterocycles. The third-order valence-corrected chi connectivity index (χ3v) is 7.63. The van der Waals surface area contributed by atoms with Gasteiger partial charge in [-0.2, -0.15) is 0 Å². The van der Waals surface area contributed by atoms with Gasteiger partial charge in [0.05, 0.1) is 0 Å². The lowest BCUT2D eigenvalue weighted by Gasteiger charge is -2.23. The third kappa shape index (κ3) is 6.03. The highest BCUT2D eigenvalue weighted by Crippen LogP contribution is 2.36. The van der Waals surface area contributed by atoms with Gasteiger partial charge in [-0.3, -0.25) is 4.79 Å². The zero-order valence-electron chi connectivity index (χ0n) is 20.6. The molecular weight excluding hydrogens is 434 g/mol. The van der Waals surface area contributed by atoms with Crippen LogP contribution < -0.4 is 20.7 Å². The second-order valence-electron chi connectivity index (χ2n) is 10.1. The van der Waals surface area contributed by atoms with Crippen molar-refractivity contribution in [2.45, 2.75) is 63.1 Å². The summed E-state index contributed by atoms with van der Waals surface area (Å²) in [6, 6.07) is 24.7. The smallest absolute Gasteiger partial charge is 0.258 e. The van der Waals surface area contributed by atoms with Crippen LogP contribution in [0.2, 0.25) is 0 Å². The Morgan fingerprint density at radius 2 is 1.71 bits per heavy atom. The van der Waals surface area contributed by atoms with E-state index in [1.165, 1.54) is 34.7 Å². The van der Waals surface area contributed by atoms with E-state index < -0.39 is 0 Å². The Bertz CT molecular complexity index is 1120. The van der Waals surface area contributed by atoms with Gasteiger partial charge in [-0.15, -0.1) is 0 Å². The van der Waals surface area contributed by atoms with E-state index >= 15 is 0 Å². The lowest BCUT2D eigenvalue weighted by Crippen LogP contribution is -2.44. The lowest BCUT2D eigenvalue weighted by atomic mass is 9.96. The number of piperidine rings is 1. The Morgan fingerprint density at radius 1 is 0.943 bits per heavy atom. The van der Waals surface area contributed by atoms with Crippen molar-refractivity contribution in [3.8, 4) is 5.75 Å². The molecule has 0 spiro atoms. The topological polar surface area (TPSA) is 62.4 Å². The van der Waals surface area contributed by atoms with Crippen LogP contribution in [0.15, 0.2) is 66.7 Å². The molecule has 0 bridgehead atoms. The molecule has 3 aromatic carbocycles. The number of ether oxygens (including phenoxy) is 1. The number of amides is 1. The van der Waals surface area contributed by atoms with E-state index in [4.69, 9.17) is 4.74 Å². The first-order chi connectivity index (χ1) is 17.2. The van der Waals surface area contributed by atoms with E-state index in [1.54, 1.807) is 0 Å². The third-order valence-electron chi connectivity index (χ3n) is 7.63. The second-order valence-corrected chi connectivity index (χ2v) is 10.1. The molecule has 1 saturated carbocycles. The SMILES string of the molecule is C[C@@H](N[C@H]1CC[C@@H](c2ccc(OCC(=O)NC3CCNCC3)cc2)C1)c1cccc2ccccc12. The number of hydrogen-bond acceptors (Lipinski definition) is 4. The molecule has 1 saturated heterocycles. The van der Waals surface area contributed by atoms with Crippen LogP contribution >= 0.6 is 0 Å². The molecule has 5 heteroatoms. The second kappa shape index (κ2) is 11.2. The van der Waals surface area contributed by atoms with Crippen LogP contribution in [-0.4, -0.2) is 37.7 Å². The monoisotopic (exact) mass is 471 g/mol. The highest BCUT2D eigenvalue weighted by molar-refractivity contribution is 5.86. The van der Waals surface area contributed by atoms with Gasteiger partial charge in [0.1, 0.15) is 5.75 Å². The molecule has 2 aliphatic rings. The molecule has 0 aromatic heterocycles. The number of carbonyl (C=O) groups excluding carboxylic acids is 1. The molecule has 5 rings (SSSR count). The summed E-state index contributed by atoms with van der Waals surface area (Å²) in [5.41, 5.74) is 2.73. The van der Waals surface area contributed by atoms with E-state index in [2.05, 4.69) is 77.5 Å². The molecule has 2 fully saturated rings. The van der Waals surface area contributed by atoms with Crippen LogP contribution in [0.3, 0.4) is 0 Å². The number of fused-ring (bicyclic) bond motifs is 1. The van der Waals surface area contributed by atoms with Gasteiger partial charge in [0.25, 0.3) is 5.91 Å². The van der Waals surface area contributed by atoms with Crippen LogP contribution in [0, 0.1) is 0 Å². The molecule has 0 unspecified atom stereocenters. The first kappa shape index (κ1) is 23.8. The fraction of sp³-hybridized carbons (Fsp3) is 0.433. The molecule has 3 N–H and O–H groups in total. The van der Waals surface area contributed by atoms with E-state index in [0.717, 1.165) is 38.1 Å². The number of nitrogens with one attached hydrogen (secondary N) is 3. The minimum Gasteiger partial charge on any atom is -0.484 e. The first-order valence-corrected chi connectivity index (χ1v) is 13.1. The molecule has 184 valence electrons. The summed E-state index contributed by atoms with van der Waals surface area (Å²) < 4.78 is 5.74. The van der Waals surface area contributed by atoms with Crippen LogP contribution in [0.4, 0.5) is 0 Å². The lowest BCUT2D eigenvalue weighted by molar-refractivity contribution is -0.123. The molecule has 1 amide bonds. The summed E-state index contributed by atoms with van der Waals surface area (Å²) in [4.78, 5) is 12.2. The van der Waals surface area contributed by atoms with Crippen LogP contribution in [-0.2, 0) is 4.79 Å². The van der Waals surface area contributed by atoms with Crippen molar-refractivity contribution in [3.05, 3.63) is 77.9 Å². The van der Waals surface area contributed by atoms with Gasteiger partial charge in [-0.1, -0.05) is 54.6 Å². The number of carbonyl (C=O) groups is 1. The average molecular weight is 472 g/mol. The Balaban J connectivity index is 1.11. The molecule has 1 aliphatic carbocycles. The maximum atomic E-state index is 12.2. The van der Waals surface area contributed by atoms with E-state index in [1.807, 2.05) is 12.1 Å². The normalized spacial score (nSPS) is 21.6. The maximum absolute atomic E-state index is 12.2. The van der Waals surface area contributed by atoms with Crippen molar-refractivity contribution in [1.82, 2.24) is 16.0 Å². The molecule has 3 atom stereocenters. The maximum Gasteiger partial charge on any atom is 0.258 e. The van der Waals surface area contributed by atoms with Crippen LogP contribution in [0.1, 0.15) is 62.1 Å². The van der Waals surface area contributed by atoms with Gasteiger partial charge < -0.3 is 20.7 Å². The summed E-state index contributed by atoms with van der Waals surface area (Å²) in [7, 11) is 0. The fourth-order valence-corrected chi connectivity index (χ4v) is 5.73. The van der Waals surface area contributed by atoms with E-state index in [0.29, 0.717) is 18.0 Å². The first-order valence-electron chi connectivity index (χ1n) is 13.1. The molecule has 3 aromatic rings. The van der Waals surface area contributed by atoms with Crippen molar-refractivity contribution in [2.24, 2.45) is 0 Å². The highest BCUT2D eigenvalue weighted by Gasteiger charge is 2.27.